The van der Waals surface area contributed by atoms with E-state index in [4.69, 9.17) is 4.74 Å². The third-order valence-corrected chi connectivity index (χ3v) is 7.97. The summed E-state index contributed by atoms with van der Waals surface area (Å²) in [6.07, 6.45) is 7.11. The van der Waals surface area contributed by atoms with Crippen LogP contribution in [0.1, 0.15) is 34.6 Å². The van der Waals surface area contributed by atoms with E-state index in [2.05, 4.69) is 44.2 Å². The molecule has 2 N–H and O–H groups in total. The molecule has 2 heterocycles. The van der Waals surface area contributed by atoms with Gasteiger partial charge in [-0.25, -0.2) is 9.97 Å². The molecule has 0 radical (unpaired) electrons. The number of H-pyrrole nitrogens is 1. The van der Waals surface area contributed by atoms with Gasteiger partial charge in [0.1, 0.15) is 18.7 Å². The van der Waals surface area contributed by atoms with Gasteiger partial charge in [-0.05, 0) is 69.1 Å². The number of ether oxygens (including phenoxy) is 1. The number of aromatic amines is 1. The van der Waals surface area contributed by atoms with Crippen LogP contribution < -0.4 is 10.1 Å². The predicted octanol–water partition coefficient (Wildman–Crippen LogP) is 6.63. The number of aromatic nitrogens is 4. The van der Waals surface area contributed by atoms with Crippen LogP contribution in [0.4, 0.5) is 5.13 Å². The second-order valence-electron chi connectivity index (χ2n) is 8.32. The highest BCUT2D eigenvalue weighted by Crippen LogP contribution is 2.35. The predicted molar refractivity (Wildman–Crippen MR) is 159 cm³/mol. The molecule has 0 spiro atoms. The van der Waals surface area contributed by atoms with Gasteiger partial charge in [-0.2, -0.15) is 5.10 Å². The number of likely N-dealkylation sites (N-methyl/N-ethyl adjacent to an activating group) is 1. The van der Waals surface area contributed by atoms with E-state index in [1.807, 2.05) is 62.6 Å². The van der Waals surface area contributed by atoms with Crippen LogP contribution in [0.2, 0.25) is 0 Å². The summed E-state index contributed by atoms with van der Waals surface area (Å²) in [5.41, 5.74) is 1.52. The van der Waals surface area contributed by atoms with Gasteiger partial charge in [-0.1, -0.05) is 49.0 Å². The van der Waals surface area contributed by atoms with Crippen molar-refractivity contribution in [3.63, 3.8) is 0 Å². The Kier molecular flexibility index (Phi) is 12.1. The molecule has 8 nitrogen and oxygen atoms in total. The molecule has 0 unspecified atom stereocenters. The quantitative estimate of drug-likeness (QED) is 0.127. The Balaban J connectivity index is 1.80. The molecule has 11 heteroatoms. The van der Waals surface area contributed by atoms with E-state index in [0.717, 1.165) is 45.7 Å². The normalized spacial score (nSPS) is 12.1. The maximum atomic E-state index is 13.3. The minimum Gasteiger partial charge on any atom is -0.492 e. The molecule has 0 atom stereocenters. The molecule has 3 aromatic rings. The van der Waals surface area contributed by atoms with Gasteiger partial charge in [0.25, 0.3) is 5.91 Å². The van der Waals surface area contributed by atoms with Crippen LogP contribution in [0.3, 0.4) is 0 Å². The molecule has 0 fully saturated rings. The number of thiazole rings is 1. The first-order valence-electron chi connectivity index (χ1n) is 12.3. The average molecular weight is 571 g/mol. The Morgan fingerprint density at radius 1 is 1.11 bits per heavy atom. The summed E-state index contributed by atoms with van der Waals surface area (Å²) in [7, 11) is 0. The van der Waals surface area contributed by atoms with Gasteiger partial charge >= 0.3 is 0 Å². The number of nitrogens with one attached hydrogen (secondary N) is 2. The van der Waals surface area contributed by atoms with Crippen molar-refractivity contribution in [2.45, 2.75) is 44.7 Å². The first-order valence-corrected chi connectivity index (χ1v) is 14.8. The molecule has 0 saturated heterocycles. The number of rotatable bonds is 14. The third-order valence-electron chi connectivity index (χ3n) is 5.37. The third kappa shape index (κ3) is 9.46. The van der Waals surface area contributed by atoms with E-state index < -0.39 is 0 Å². The van der Waals surface area contributed by atoms with Crippen molar-refractivity contribution in [2.24, 2.45) is 0 Å². The van der Waals surface area contributed by atoms with Gasteiger partial charge in [-0.15, -0.1) is 11.3 Å². The summed E-state index contributed by atoms with van der Waals surface area (Å²) in [5.74, 6) is 0.638. The summed E-state index contributed by atoms with van der Waals surface area (Å²) in [6, 6.07) is 7.99. The summed E-state index contributed by atoms with van der Waals surface area (Å²) >= 11 is 4.40. The van der Waals surface area contributed by atoms with Crippen LogP contribution in [0.25, 0.3) is 0 Å². The van der Waals surface area contributed by atoms with Gasteiger partial charge in [0, 0.05) is 27.9 Å². The molecule has 202 valence electrons. The molecular weight excluding hydrogens is 537 g/mol. The maximum Gasteiger partial charge on any atom is 0.258 e. The Morgan fingerprint density at radius 2 is 1.87 bits per heavy atom. The van der Waals surface area contributed by atoms with Crippen LogP contribution >= 0.6 is 34.9 Å². The van der Waals surface area contributed by atoms with Crippen molar-refractivity contribution < 1.29 is 9.53 Å². The second kappa shape index (κ2) is 15.5. The molecule has 0 aliphatic carbocycles. The van der Waals surface area contributed by atoms with E-state index in [-0.39, 0.29) is 5.91 Å². The fraction of sp³-hybridized carbons (Fsp3) is 0.333. The summed E-state index contributed by atoms with van der Waals surface area (Å²) in [5, 5.41) is 12.8. The Hall–Kier alpha value is -2.86. The number of nitrogens with zero attached hydrogens (tertiary/aromatic N) is 4. The fourth-order valence-corrected chi connectivity index (χ4v) is 5.61. The SMILES string of the molecule is CCN(CC)CCOc1ccc(S/C(=C/C=C(\C)Sc2ncn[nH]2)C(C(=O)Nc2nccs2)=C(C)C)cc1. The molecule has 2 aromatic heterocycles. The van der Waals surface area contributed by atoms with E-state index in [9.17, 15) is 4.79 Å². The van der Waals surface area contributed by atoms with Crippen LogP contribution in [0.15, 0.2) is 85.3 Å². The summed E-state index contributed by atoms with van der Waals surface area (Å²) in [6.45, 7) is 13.8. The van der Waals surface area contributed by atoms with Gasteiger partial charge in [0.05, 0.1) is 5.57 Å². The second-order valence-corrected chi connectivity index (χ2v) is 11.6. The number of amides is 1. The summed E-state index contributed by atoms with van der Waals surface area (Å²) in [4.78, 5) is 26.9. The van der Waals surface area contributed by atoms with Crippen LogP contribution in [-0.4, -0.2) is 57.2 Å². The number of anilines is 1. The Labute approximate surface area is 237 Å². The van der Waals surface area contributed by atoms with E-state index in [1.54, 1.807) is 6.20 Å². The number of carbonyl (C=O) groups is 1. The van der Waals surface area contributed by atoms with E-state index in [0.29, 0.717) is 22.5 Å². The molecule has 1 aromatic carbocycles. The largest absolute Gasteiger partial charge is 0.492 e. The Morgan fingerprint density at radius 3 is 2.47 bits per heavy atom. The van der Waals surface area contributed by atoms with Gasteiger partial charge in [0.15, 0.2) is 10.3 Å². The van der Waals surface area contributed by atoms with E-state index in [1.165, 1.54) is 41.2 Å². The number of thioether (sulfide) groups is 2. The topological polar surface area (TPSA) is 96.0 Å². The number of carbonyl (C=O) groups excluding carboxylic acids is 1. The van der Waals surface area contributed by atoms with Crippen LogP contribution in [0.5, 0.6) is 5.75 Å². The van der Waals surface area contributed by atoms with Crippen molar-refractivity contribution in [1.29, 1.82) is 0 Å². The van der Waals surface area contributed by atoms with Crippen molar-refractivity contribution in [3.8, 4) is 5.75 Å². The van der Waals surface area contributed by atoms with Crippen molar-refractivity contribution in [1.82, 2.24) is 25.1 Å². The molecule has 0 saturated carbocycles. The smallest absolute Gasteiger partial charge is 0.258 e. The lowest BCUT2D eigenvalue weighted by Gasteiger charge is -2.18. The number of hydrogen-bond donors (Lipinski definition) is 2. The Bertz CT molecular complexity index is 1230. The standard InChI is InChI=1S/C27H34N6O2S3/c1-6-33(7-2)15-16-35-21-9-11-22(12-10-21)38-23(13-8-20(5)37-27-29-18-30-32-27)24(19(3)4)25(34)31-26-28-14-17-36-26/h8-14,17-18H,6-7,15-16H2,1-5H3,(H,28,31,34)(H,29,30,32)/b20-8+,23-13+. The lowest BCUT2D eigenvalue weighted by atomic mass is 10.1. The van der Waals surface area contributed by atoms with Crippen molar-refractivity contribution >= 4 is 45.9 Å². The molecular formula is C27H34N6O2S3. The van der Waals surface area contributed by atoms with Gasteiger partial charge < -0.3 is 9.64 Å². The zero-order chi connectivity index (χ0) is 27.3. The first-order chi connectivity index (χ1) is 18.4. The minimum atomic E-state index is -0.191. The monoisotopic (exact) mass is 570 g/mol. The zero-order valence-electron chi connectivity index (χ0n) is 22.4. The highest BCUT2D eigenvalue weighted by atomic mass is 32.2. The molecule has 38 heavy (non-hydrogen) atoms. The molecule has 1 amide bonds. The van der Waals surface area contributed by atoms with Crippen molar-refractivity contribution in [2.75, 3.05) is 31.6 Å². The molecule has 0 aliphatic heterocycles. The van der Waals surface area contributed by atoms with E-state index >= 15 is 0 Å². The number of benzene rings is 1. The maximum absolute atomic E-state index is 13.3. The van der Waals surface area contributed by atoms with Crippen molar-refractivity contribution in [3.05, 3.63) is 75.3 Å². The molecule has 3 rings (SSSR count). The highest BCUT2D eigenvalue weighted by Gasteiger charge is 2.19. The highest BCUT2D eigenvalue weighted by molar-refractivity contribution is 8.03. The average Bonchev–Trinajstić information content (AvgIpc) is 3.60. The minimum absolute atomic E-state index is 0.191. The van der Waals surface area contributed by atoms with Crippen LogP contribution in [-0.2, 0) is 4.79 Å². The number of allylic oxidation sites excluding steroid dienone is 4. The lowest BCUT2D eigenvalue weighted by Crippen LogP contribution is -2.27. The first kappa shape index (κ1) is 29.7. The number of hydrogen-bond acceptors (Lipinski definition) is 9. The summed E-state index contributed by atoms with van der Waals surface area (Å²) < 4.78 is 5.94. The van der Waals surface area contributed by atoms with Gasteiger partial charge in [0.2, 0.25) is 0 Å². The molecule has 0 bridgehead atoms. The lowest BCUT2D eigenvalue weighted by molar-refractivity contribution is -0.112. The molecule has 0 aliphatic rings. The zero-order valence-corrected chi connectivity index (χ0v) is 24.8. The van der Waals surface area contributed by atoms with Crippen LogP contribution in [0, 0.1) is 0 Å². The van der Waals surface area contributed by atoms with Gasteiger partial charge in [-0.3, -0.25) is 15.2 Å². The fourth-order valence-electron chi connectivity index (χ4n) is 3.38.